The first-order chi connectivity index (χ1) is 19.6. The molecule has 42 heavy (non-hydrogen) atoms. The largest absolute Gasteiger partial charge is 0.504 e. The predicted molar refractivity (Wildman–Crippen MR) is 155 cm³/mol. The molecule has 1 heterocycles. The van der Waals surface area contributed by atoms with Gasteiger partial charge in [-0.15, -0.1) is 0 Å². The van der Waals surface area contributed by atoms with Gasteiger partial charge in [-0.05, 0) is 74.5 Å². The number of aliphatic hydroxyl groups is 1. The maximum absolute atomic E-state index is 13.9. The Balaban J connectivity index is 1.47. The van der Waals surface area contributed by atoms with E-state index in [0.29, 0.717) is 30.9 Å². The van der Waals surface area contributed by atoms with Gasteiger partial charge in [0.05, 0.1) is 6.04 Å². The molecule has 8 N–H and O–H groups in total. The van der Waals surface area contributed by atoms with Crippen LogP contribution in [0.1, 0.15) is 71.8 Å². The quantitative estimate of drug-likeness (QED) is 0.101. The maximum Gasteiger partial charge on any atom is 0.329 e. The fraction of sp³-hybridized carbons (Fsp3) is 0.667. The third-order valence-corrected chi connectivity index (χ3v) is 10.1. The zero-order valence-corrected chi connectivity index (χ0v) is 24.9. The number of benzene rings is 1. The highest BCUT2D eigenvalue weighted by Gasteiger charge is 2.63. The molecule has 7 unspecified atom stereocenters. The summed E-state index contributed by atoms with van der Waals surface area (Å²) in [5.41, 5.74) is 11.4. The number of carbonyl (C=O) groups is 3. The van der Waals surface area contributed by atoms with E-state index in [9.17, 15) is 29.7 Å². The Morgan fingerprint density at radius 1 is 1.17 bits per heavy atom. The number of amides is 2. The van der Waals surface area contributed by atoms with Crippen molar-refractivity contribution in [2.24, 2.45) is 33.2 Å². The number of esters is 1. The first kappa shape index (κ1) is 31.4. The van der Waals surface area contributed by atoms with Gasteiger partial charge in [-0.2, -0.15) is 0 Å². The number of nitrogens with zero attached hydrogens (tertiary/aromatic N) is 2. The first-order valence-electron chi connectivity index (χ1n) is 14.7. The Morgan fingerprint density at radius 3 is 2.48 bits per heavy atom. The molecule has 0 spiro atoms. The smallest absolute Gasteiger partial charge is 0.329 e. The average molecular weight is 588 g/mol. The highest BCUT2D eigenvalue weighted by Crippen LogP contribution is 2.66. The van der Waals surface area contributed by atoms with E-state index in [1.807, 2.05) is 0 Å². The van der Waals surface area contributed by atoms with Gasteiger partial charge in [-0.1, -0.05) is 26.8 Å². The summed E-state index contributed by atoms with van der Waals surface area (Å²) in [4.78, 5) is 45.9. The number of hydrogen-bond acceptors (Lipinski definition) is 8. The number of carbonyl (C=O) groups excluding carboxylic acids is 3. The first-order valence-corrected chi connectivity index (χ1v) is 14.7. The minimum atomic E-state index is -1.55. The van der Waals surface area contributed by atoms with Crippen LogP contribution in [0.15, 0.2) is 23.2 Å². The molecule has 0 radical (unpaired) electrons. The fourth-order valence-corrected chi connectivity index (χ4v) is 7.15. The van der Waals surface area contributed by atoms with Gasteiger partial charge in [0.15, 0.2) is 17.5 Å². The molecule has 232 valence electrons. The lowest BCUT2D eigenvalue weighted by Crippen LogP contribution is -2.55. The SMILES string of the molecule is CC(CC(NC(=O)C(O)Cc1ccc(O)c(O)c1)C(=O)N1CCCC1C(=O)OC1CC2CCC1(C)C2(C)C)N=C(N)N. The van der Waals surface area contributed by atoms with Crippen LogP contribution in [0.25, 0.3) is 0 Å². The van der Waals surface area contributed by atoms with Crippen molar-refractivity contribution in [3.63, 3.8) is 0 Å². The molecular weight excluding hydrogens is 542 g/mol. The van der Waals surface area contributed by atoms with Gasteiger partial charge in [-0.3, -0.25) is 14.6 Å². The van der Waals surface area contributed by atoms with Crippen LogP contribution >= 0.6 is 0 Å². The van der Waals surface area contributed by atoms with Crippen molar-refractivity contribution in [2.75, 3.05) is 6.54 Å². The normalized spacial score (nSPS) is 28.1. The summed E-state index contributed by atoms with van der Waals surface area (Å²) in [6.07, 6.45) is 2.12. The fourth-order valence-electron chi connectivity index (χ4n) is 7.15. The molecule has 2 bridgehead atoms. The molecule has 2 amide bonds. The summed E-state index contributed by atoms with van der Waals surface area (Å²) in [7, 11) is 0. The van der Waals surface area contributed by atoms with Crippen LogP contribution in [0.5, 0.6) is 11.5 Å². The number of aliphatic hydroxyl groups excluding tert-OH is 1. The van der Waals surface area contributed by atoms with Crippen molar-refractivity contribution < 1.29 is 34.4 Å². The van der Waals surface area contributed by atoms with E-state index in [0.717, 1.165) is 19.3 Å². The molecule has 7 atom stereocenters. The van der Waals surface area contributed by atoms with Crippen molar-refractivity contribution >= 4 is 23.7 Å². The molecule has 12 heteroatoms. The van der Waals surface area contributed by atoms with Gasteiger partial charge in [0.25, 0.3) is 0 Å². The molecule has 2 saturated carbocycles. The number of phenols is 2. The maximum atomic E-state index is 13.9. The van der Waals surface area contributed by atoms with Crippen LogP contribution in [0.2, 0.25) is 0 Å². The van der Waals surface area contributed by atoms with E-state index in [2.05, 4.69) is 31.1 Å². The van der Waals surface area contributed by atoms with Crippen molar-refractivity contribution in [1.82, 2.24) is 10.2 Å². The number of phenolic OH excluding ortho intramolecular Hbond substituents is 2. The highest BCUT2D eigenvalue weighted by atomic mass is 16.5. The standard InChI is InChI=1S/C30H45N5O7/c1-16(33-28(31)32)12-19(34-25(39)23(38)14-17-7-8-21(36)22(37)13-17)26(40)35-11-5-6-20(35)27(41)42-24-15-18-9-10-30(24,4)29(18,2)3/h7-8,13,16,18-20,23-24,36-38H,5-6,9-12,14-15H2,1-4H3,(H,34,39)(H4,31,32,33). The van der Waals surface area contributed by atoms with E-state index < -0.39 is 42.0 Å². The second kappa shape index (κ2) is 12.0. The van der Waals surface area contributed by atoms with E-state index in [-0.39, 0.29) is 47.2 Å². The van der Waals surface area contributed by atoms with Crippen LogP contribution < -0.4 is 16.8 Å². The third-order valence-electron chi connectivity index (χ3n) is 10.1. The average Bonchev–Trinajstić information content (AvgIpc) is 3.53. The Morgan fingerprint density at radius 2 is 1.88 bits per heavy atom. The number of nitrogens with one attached hydrogen (secondary N) is 1. The summed E-state index contributed by atoms with van der Waals surface area (Å²) in [5, 5.41) is 32.5. The van der Waals surface area contributed by atoms with Crippen molar-refractivity contribution in [2.45, 2.75) is 103 Å². The second-order valence-corrected chi connectivity index (χ2v) is 13.0. The third kappa shape index (κ3) is 6.13. The molecule has 1 aliphatic heterocycles. The Bertz CT molecular complexity index is 1230. The van der Waals surface area contributed by atoms with Crippen molar-refractivity contribution in [3.05, 3.63) is 23.8 Å². The zero-order chi connectivity index (χ0) is 31.0. The van der Waals surface area contributed by atoms with E-state index in [4.69, 9.17) is 16.2 Å². The van der Waals surface area contributed by atoms with Crippen LogP contribution in [0.3, 0.4) is 0 Å². The molecular formula is C30H45N5O7. The lowest BCUT2D eigenvalue weighted by atomic mass is 9.70. The van der Waals surface area contributed by atoms with Crippen molar-refractivity contribution in [3.8, 4) is 11.5 Å². The zero-order valence-electron chi connectivity index (χ0n) is 24.9. The van der Waals surface area contributed by atoms with Crippen LogP contribution in [0, 0.1) is 16.7 Å². The molecule has 1 aromatic rings. The molecule has 0 aromatic heterocycles. The van der Waals surface area contributed by atoms with Gasteiger partial charge in [0.1, 0.15) is 24.3 Å². The highest BCUT2D eigenvalue weighted by molar-refractivity contribution is 5.92. The second-order valence-electron chi connectivity index (χ2n) is 13.0. The van der Waals surface area contributed by atoms with Crippen LogP contribution in [-0.2, 0) is 25.5 Å². The molecule has 4 rings (SSSR count). The van der Waals surface area contributed by atoms with Crippen LogP contribution in [-0.4, -0.2) is 80.8 Å². The summed E-state index contributed by atoms with van der Waals surface area (Å²) in [6.45, 7) is 8.70. The lowest BCUT2D eigenvalue weighted by molar-refractivity contribution is -0.165. The number of aromatic hydroxyl groups is 2. The summed E-state index contributed by atoms with van der Waals surface area (Å²) in [6, 6.07) is 1.53. The summed E-state index contributed by atoms with van der Waals surface area (Å²) < 4.78 is 6.11. The minimum absolute atomic E-state index is 0.0318. The number of fused-ring (bicyclic) bond motifs is 2. The van der Waals surface area contributed by atoms with Crippen LogP contribution in [0.4, 0.5) is 0 Å². The molecule has 2 aliphatic carbocycles. The van der Waals surface area contributed by atoms with Gasteiger partial charge in [0.2, 0.25) is 11.8 Å². The lowest BCUT2D eigenvalue weighted by Gasteiger charge is -2.39. The van der Waals surface area contributed by atoms with Gasteiger partial charge in [-0.25, -0.2) is 4.79 Å². The summed E-state index contributed by atoms with van der Waals surface area (Å²) >= 11 is 0. The summed E-state index contributed by atoms with van der Waals surface area (Å²) in [5.74, 6) is -2.09. The predicted octanol–water partition coefficient (Wildman–Crippen LogP) is 1.29. The molecule has 1 aromatic carbocycles. The molecule has 1 saturated heterocycles. The number of ether oxygens (including phenoxy) is 1. The molecule has 3 aliphatic rings. The van der Waals surface area contributed by atoms with Crippen molar-refractivity contribution in [1.29, 1.82) is 0 Å². The topological polar surface area (TPSA) is 201 Å². The van der Waals surface area contributed by atoms with E-state index in [1.165, 1.54) is 23.1 Å². The Labute approximate surface area is 246 Å². The Kier molecular flexibility index (Phi) is 8.96. The van der Waals surface area contributed by atoms with Gasteiger partial charge >= 0.3 is 5.97 Å². The van der Waals surface area contributed by atoms with Gasteiger partial charge < -0.3 is 41.7 Å². The Hall–Kier alpha value is -3.54. The number of hydrogen-bond donors (Lipinski definition) is 6. The number of aliphatic imine (C=N–C) groups is 1. The number of nitrogens with two attached hydrogens (primary N) is 2. The minimum Gasteiger partial charge on any atom is -0.504 e. The molecule has 12 nitrogen and oxygen atoms in total. The monoisotopic (exact) mass is 587 g/mol. The number of guanidine groups is 1. The number of likely N-dealkylation sites (tertiary alicyclic amines) is 1. The molecule has 3 fully saturated rings. The van der Waals surface area contributed by atoms with E-state index in [1.54, 1.807) is 6.92 Å². The van der Waals surface area contributed by atoms with E-state index >= 15 is 0 Å². The number of rotatable bonds is 10. The van der Waals surface area contributed by atoms with Gasteiger partial charge in [0, 0.05) is 18.4 Å².